The van der Waals surface area contributed by atoms with Gasteiger partial charge in [-0.25, -0.2) is 13.1 Å². The predicted octanol–water partition coefficient (Wildman–Crippen LogP) is 2.94. The number of fused-ring (bicyclic) bond motifs is 1. The van der Waals surface area contributed by atoms with Crippen LogP contribution in [-0.4, -0.2) is 20.9 Å². The van der Waals surface area contributed by atoms with Gasteiger partial charge in [0.25, 0.3) is 0 Å². The number of carbonyl (C=O) groups is 1. The number of sulfonamides is 1. The molecule has 0 fully saturated rings. The third-order valence-electron chi connectivity index (χ3n) is 4.80. The SMILES string of the molecule is N#CCc1ccc(NC(=O)CCNS(=O)(=O)c2ccc3c(c2)CCCC3)cc1. The van der Waals surface area contributed by atoms with Gasteiger partial charge in [0, 0.05) is 18.7 Å². The van der Waals surface area contributed by atoms with Gasteiger partial charge in [0.1, 0.15) is 0 Å². The van der Waals surface area contributed by atoms with Crippen LogP contribution in [0.4, 0.5) is 5.69 Å². The van der Waals surface area contributed by atoms with Crippen molar-refractivity contribution < 1.29 is 13.2 Å². The first-order chi connectivity index (χ1) is 13.5. The maximum absolute atomic E-state index is 12.5. The maximum Gasteiger partial charge on any atom is 0.240 e. The minimum atomic E-state index is -3.63. The first-order valence-electron chi connectivity index (χ1n) is 9.35. The third-order valence-corrected chi connectivity index (χ3v) is 6.25. The van der Waals surface area contributed by atoms with E-state index in [1.807, 2.05) is 6.07 Å². The molecule has 0 aliphatic heterocycles. The Kier molecular flexibility index (Phi) is 6.45. The smallest absolute Gasteiger partial charge is 0.240 e. The number of hydrogen-bond donors (Lipinski definition) is 2. The molecule has 1 amide bonds. The van der Waals surface area contributed by atoms with Crippen molar-refractivity contribution in [1.82, 2.24) is 4.72 Å². The topological polar surface area (TPSA) is 99.1 Å². The summed E-state index contributed by atoms with van der Waals surface area (Å²) >= 11 is 0. The van der Waals surface area contributed by atoms with Gasteiger partial charge in [0.2, 0.25) is 15.9 Å². The van der Waals surface area contributed by atoms with E-state index in [-0.39, 0.29) is 23.8 Å². The van der Waals surface area contributed by atoms with E-state index >= 15 is 0 Å². The molecule has 0 saturated carbocycles. The lowest BCUT2D eigenvalue weighted by molar-refractivity contribution is -0.116. The van der Waals surface area contributed by atoms with E-state index in [1.165, 1.54) is 5.56 Å². The van der Waals surface area contributed by atoms with Gasteiger partial charge in [-0.2, -0.15) is 5.26 Å². The Hall–Kier alpha value is -2.69. The van der Waals surface area contributed by atoms with Gasteiger partial charge in [0.05, 0.1) is 17.4 Å². The first kappa shape index (κ1) is 20.1. The average molecular weight is 398 g/mol. The highest BCUT2D eigenvalue weighted by Gasteiger charge is 2.17. The molecular formula is C21H23N3O3S. The molecule has 7 heteroatoms. The lowest BCUT2D eigenvalue weighted by atomic mass is 9.92. The van der Waals surface area contributed by atoms with Crippen LogP contribution in [0.3, 0.4) is 0 Å². The molecule has 0 saturated heterocycles. The highest BCUT2D eigenvalue weighted by molar-refractivity contribution is 7.89. The molecule has 0 atom stereocenters. The Morgan fingerprint density at radius 3 is 2.46 bits per heavy atom. The van der Waals surface area contributed by atoms with Gasteiger partial charge in [-0.1, -0.05) is 18.2 Å². The Bertz CT molecular complexity index is 993. The van der Waals surface area contributed by atoms with Gasteiger partial charge in [0.15, 0.2) is 0 Å². The number of aryl methyl sites for hydroxylation is 2. The molecule has 0 heterocycles. The van der Waals surface area contributed by atoms with Gasteiger partial charge < -0.3 is 5.32 Å². The number of nitrogens with zero attached hydrogens (tertiary/aromatic N) is 1. The summed E-state index contributed by atoms with van der Waals surface area (Å²) in [6.07, 6.45) is 4.49. The van der Waals surface area contributed by atoms with Crippen LogP contribution in [0, 0.1) is 11.3 Å². The first-order valence-corrected chi connectivity index (χ1v) is 10.8. The quantitative estimate of drug-likeness (QED) is 0.750. The van der Waals surface area contributed by atoms with Crippen LogP contribution in [0.25, 0.3) is 0 Å². The Labute approximate surface area is 165 Å². The maximum atomic E-state index is 12.5. The molecule has 2 N–H and O–H groups in total. The fraction of sp³-hybridized carbons (Fsp3) is 0.333. The molecule has 2 aromatic carbocycles. The molecule has 146 valence electrons. The number of anilines is 1. The number of nitriles is 1. The largest absolute Gasteiger partial charge is 0.326 e. The molecule has 0 aromatic heterocycles. The summed E-state index contributed by atoms with van der Waals surface area (Å²) in [7, 11) is -3.63. The normalized spacial score (nSPS) is 13.4. The minimum absolute atomic E-state index is 0.0256. The van der Waals surface area contributed by atoms with Crippen LogP contribution in [0.1, 0.15) is 36.0 Å². The van der Waals surface area contributed by atoms with Crippen molar-refractivity contribution in [3.8, 4) is 6.07 Å². The summed E-state index contributed by atoms with van der Waals surface area (Å²) in [6.45, 7) is 0.0256. The fourth-order valence-electron chi connectivity index (χ4n) is 3.28. The molecule has 28 heavy (non-hydrogen) atoms. The number of amides is 1. The monoisotopic (exact) mass is 397 g/mol. The third kappa shape index (κ3) is 5.18. The lowest BCUT2D eigenvalue weighted by Gasteiger charge is -2.16. The summed E-state index contributed by atoms with van der Waals surface area (Å²) in [6, 6.07) is 14.3. The van der Waals surface area contributed by atoms with Crippen molar-refractivity contribution in [2.75, 3.05) is 11.9 Å². The number of carbonyl (C=O) groups excluding carboxylic acids is 1. The highest BCUT2D eigenvalue weighted by atomic mass is 32.2. The van der Waals surface area contributed by atoms with E-state index in [1.54, 1.807) is 36.4 Å². The van der Waals surface area contributed by atoms with Crippen molar-refractivity contribution in [1.29, 1.82) is 5.26 Å². The highest BCUT2D eigenvalue weighted by Crippen LogP contribution is 2.24. The van der Waals surface area contributed by atoms with Crippen molar-refractivity contribution in [2.45, 2.75) is 43.4 Å². The van der Waals surface area contributed by atoms with Gasteiger partial charge >= 0.3 is 0 Å². The van der Waals surface area contributed by atoms with Crippen LogP contribution in [0.15, 0.2) is 47.4 Å². The number of hydrogen-bond acceptors (Lipinski definition) is 4. The van der Waals surface area contributed by atoms with Gasteiger partial charge in [-0.15, -0.1) is 0 Å². The Morgan fingerprint density at radius 1 is 1.04 bits per heavy atom. The average Bonchev–Trinajstić information content (AvgIpc) is 2.69. The molecule has 1 aliphatic rings. The Morgan fingerprint density at radius 2 is 1.75 bits per heavy atom. The second-order valence-electron chi connectivity index (χ2n) is 6.87. The predicted molar refractivity (Wildman–Crippen MR) is 107 cm³/mol. The fourth-order valence-corrected chi connectivity index (χ4v) is 4.36. The van der Waals surface area contributed by atoms with Crippen molar-refractivity contribution in [3.05, 3.63) is 59.2 Å². The molecule has 0 spiro atoms. The van der Waals surface area contributed by atoms with E-state index in [0.29, 0.717) is 12.1 Å². The van der Waals surface area contributed by atoms with E-state index in [4.69, 9.17) is 5.26 Å². The van der Waals surface area contributed by atoms with Crippen LogP contribution in [0.5, 0.6) is 0 Å². The second-order valence-corrected chi connectivity index (χ2v) is 8.63. The second kappa shape index (κ2) is 9.00. The summed E-state index contributed by atoms with van der Waals surface area (Å²) < 4.78 is 27.5. The van der Waals surface area contributed by atoms with Crippen LogP contribution < -0.4 is 10.0 Å². The molecule has 3 rings (SSSR count). The molecule has 0 radical (unpaired) electrons. The van der Waals surface area contributed by atoms with Crippen LogP contribution in [-0.2, 0) is 34.1 Å². The Balaban J connectivity index is 1.52. The van der Waals surface area contributed by atoms with Crippen LogP contribution in [0.2, 0.25) is 0 Å². The van der Waals surface area contributed by atoms with Crippen LogP contribution >= 0.6 is 0 Å². The molecule has 0 bridgehead atoms. The number of rotatable bonds is 7. The molecular weight excluding hydrogens is 374 g/mol. The summed E-state index contributed by atoms with van der Waals surface area (Å²) in [5, 5.41) is 11.4. The van der Waals surface area contributed by atoms with E-state index in [2.05, 4.69) is 16.1 Å². The van der Waals surface area contributed by atoms with Crippen molar-refractivity contribution in [2.24, 2.45) is 0 Å². The zero-order valence-electron chi connectivity index (χ0n) is 15.6. The molecule has 2 aromatic rings. The number of benzene rings is 2. The standard InChI is InChI=1S/C21H23N3O3S/c22-13-11-16-5-8-19(9-6-16)24-21(25)12-14-23-28(26,27)20-10-7-17-3-1-2-4-18(17)15-20/h5-10,15,23H,1-4,11-12,14H2,(H,24,25). The van der Waals surface area contributed by atoms with Gasteiger partial charge in [-0.3, -0.25) is 4.79 Å². The van der Waals surface area contributed by atoms with E-state index in [9.17, 15) is 13.2 Å². The lowest BCUT2D eigenvalue weighted by Crippen LogP contribution is -2.28. The van der Waals surface area contributed by atoms with Crippen molar-refractivity contribution >= 4 is 21.6 Å². The molecule has 6 nitrogen and oxygen atoms in total. The molecule has 1 aliphatic carbocycles. The van der Waals surface area contributed by atoms with E-state index < -0.39 is 10.0 Å². The minimum Gasteiger partial charge on any atom is -0.326 e. The zero-order valence-corrected chi connectivity index (χ0v) is 16.4. The zero-order chi connectivity index (χ0) is 20.0. The molecule has 0 unspecified atom stereocenters. The van der Waals surface area contributed by atoms with Crippen molar-refractivity contribution in [3.63, 3.8) is 0 Å². The van der Waals surface area contributed by atoms with E-state index in [0.717, 1.165) is 36.8 Å². The summed E-state index contributed by atoms with van der Waals surface area (Å²) in [5.41, 5.74) is 3.82. The number of nitrogens with one attached hydrogen (secondary N) is 2. The van der Waals surface area contributed by atoms with Gasteiger partial charge in [-0.05, 0) is 66.6 Å². The summed E-state index contributed by atoms with van der Waals surface area (Å²) in [5.74, 6) is -0.277. The summed E-state index contributed by atoms with van der Waals surface area (Å²) in [4.78, 5) is 12.3.